The molecule has 1 N–H and O–H groups in total. The Morgan fingerprint density at radius 1 is 1.40 bits per heavy atom. The second-order valence-electron chi connectivity index (χ2n) is 4.10. The molecule has 0 saturated carbocycles. The van der Waals surface area contributed by atoms with E-state index in [1.807, 2.05) is 6.92 Å². The zero-order valence-electron chi connectivity index (χ0n) is 9.55. The third-order valence-corrected chi connectivity index (χ3v) is 2.65. The van der Waals surface area contributed by atoms with E-state index in [2.05, 4.69) is 29.1 Å². The molecule has 0 spiro atoms. The van der Waals surface area contributed by atoms with Crippen LogP contribution < -0.4 is 5.32 Å². The molecular formula is C11H18ClN3. The van der Waals surface area contributed by atoms with E-state index in [4.69, 9.17) is 11.6 Å². The topological polar surface area (TPSA) is 37.8 Å². The monoisotopic (exact) mass is 227 g/mol. The van der Waals surface area contributed by atoms with E-state index in [9.17, 15) is 0 Å². The molecule has 15 heavy (non-hydrogen) atoms. The Kier molecular flexibility index (Phi) is 4.82. The number of anilines is 1. The van der Waals surface area contributed by atoms with Crippen molar-refractivity contribution in [2.75, 3.05) is 11.9 Å². The van der Waals surface area contributed by atoms with Crippen molar-refractivity contribution >= 4 is 17.4 Å². The van der Waals surface area contributed by atoms with Gasteiger partial charge >= 0.3 is 0 Å². The first-order valence-electron chi connectivity index (χ1n) is 5.32. The summed E-state index contributed by atoms with van der Waals surface area (Å²) in [5.41, 5.74) is 0.920. The van der Waals surface area contributed by atoms with Gasteiger partial charge in [-0.3, -0.25) is 0 Å². The van der Waals surface area contributed by atoms with Gasteiger partial charge in [0.15, 0.2) is 0 Å². The smallest absolute Gasteiger partial charge is 0.137 e. The molecule has 0 saturated heterocycles. The maximum Gasteiger partial charge on any atom is 0.137 e. The summed E-state index contributed by atoms with van der Waals surface area (Å²) in [6.45, 7) is 7.32. The van der Waals surface area contributed by atoms with Crippen molar-refractivity contribution < 1.29 is 0 Å². The first-order valence-corrected chi connectivity index (χ1v) is 5.70. The third kappa shape index (κ3) is 4.04. The van der Waals surface area contributed by atoms with Crippen LogP contribution in [0.15, 0.2) is 6.33 Å². The highest BCUT2D eigenvalue weighted by atomic mass is 35.5. The Balaban J connectivity index is 2.41. The number of hydrogen-bond donors (Lipinski definition) is 1. The van der Waals surface area contributed by atoms with Crippen LogP contribution in [0.2, 0.25) is 5.15 Å². The van der Waals surface area contributed by atoms with E-state index < -0.39 is 0 Å². The van der Waals surface area contributed by atoms with Crippen LogP contribution >= 0.6 is 11.6 Å². The number of aromatic nitrogens is 2. The van der Waals surface area contributed by atoms with Gasteiger partial charge in [-0.1, -0.05) is 25.4 Å². The van der Waals surface area contributed by atoms with Crippen LogP contribution in [0.25, 0.3) is 0 Å². The van der Waals surface area contributed by atoms with E-state index in [0.29, 0.717) is 5.15 Å². The predicted octanol–water partition coefficient (Wildman–Crippen LogP) is 3.29. The zero-order chi connectivity index (χ0) is 11.3. The van der Waals surface area contributed by atoms with Crippen molar-refractivity contribution in [3.05, 3.63) is 17.0 Å². The fourth-order valence-corrected chi connectivity index (χ4v) is 1.46. The Hall–Kier alpha value is -0.830. The molecule has 1 aromatic heterocycles. The van der Waals surface area contributed by atoms with E-state index in [-0.39, 0.29) is 0 Å². The summed E-state index contributed by atoms with van der Waals surface area (Å²) < 4.78 is 0. The molecule has 0 unspecified atom stereocenters. The van der Waals surface area contributed by atoms with Gasteiger partial charge in [0.25, 0.3) is 0 Å². The lowest BCUT2D eigenvalue weighted by molar-refractivity contribution is 0.566. The number of nitrogens with zero attached hydrogens (tertiary/aromatic N) is 2. The van der Waals surface area contributed by atoms with Gasteiger partial charge in [-0.15, -0.1) is 0 Å². The lowest BCUT2D eigenvalue weighted by atomic mass is 10.1. The summed E-state index contributed by atoms with van der Waals surface area (Å²) in [6.07, 6.45) is 3.86. The van der Waals surface area contributed by atoms with Crippen molar-refractivity contribution in [1.82, 2.24) is 9.97 Å². The molecule has 0 atom stereocenters. The Morgan fingerprint density at radius 2 is 2.13 bits per heavy atom. The number of rotatable bonds is 5. The number of nitrogens with one attached hydrogen (secondary N) is 1. The summed E-state index contributed by atoms with van der Waals surface area (Å²) in [6, 6.07) is 0. The van der Waals surface area contributed by atoms with Crippen LogP contribution in [-0.2, 0) is 0 Å². The van der Waals surface area contributed by atoms with Crippen LogP contribution in [0.3, 0.4) is 0 Å². The average Bonchev–Trinajstić information content (AvgIpc) is 2.18. The lowest BCUT2D eigenvalue weighted by Crippen LogP contribution is -2.06. The molecule has 4 heteroatoms. The van der Waals surface area contributed by atoms with Crippen molar-refractivity contribution in [1.29, 1.82) is 0 Å². The minimum atomic E-state index is 0.524. The minimum Gasteiger partial charge on any atom is -0.370 e. The van der Waals surface area contributed by atoms with Crippen molar-refractivity contribution in [2.24, 2.45) is 5.92 Å². The predicted molar refractivity (Wildman–Crippen MR) is 64.3 cm³/mol. The second-order valence-corrected chi connectivity index (χ2v) is 4.46. The third-order valence-electron chi connectivity index (χ3n) is 2.27. The van der Waals surface area contributed by atoms with Crippen LogP contribution in [0.1, 0.15) is 32.3 Å². The maximum atomic E-state index is 5.89. The van der Waals surface area contributed by atoms with Crippen molar-refractivity contribution in [3.8, 4) is 0 Å². The quantitative estimate of drug-likeness (QED) is 0.620. The molecule has 0 fully saturated rings. The highest BCUT2D eigenvalue weighted by molar-refractivity contribution is 6.30. The maximum absolute atomic E-state index is 5.89. The van der Waals surface area contributed by atoms with Gasteiger partial charge in [-0.2, -0.15) is 0 Å². The molecule has 0 aromatic carbocycles. The van der Waals surface area contributed by atoms with Gasteiger partial charge in [0.05, 0.1) is 0 Å². The van der Waals surface area contributed by atoms with Gasteiger partial charge < -0.3 is 5.32 Å². The van der Waals surface area contributed by atoms with E-state index >= 15 is 0 Å². The standard InChI is InChI=1S/C11H18ClN3/c1-8(2)5-4-6-13-11-9(3)10(12)14-7-15-11/h7-8H,4-6H2,1-3H3,(H,13,14,15). The van der Waals surface area contributed by atoms with E-state index in [1.165, 1.54) is 12.7 Å². The van der Waals surface area contributed by atoms with Crippen molar-refractivity contribution in [2.45, 2.75) is 33.6 Å². The molecule has 0 aliphatic carbocycles. The molecule has 1 heterocycles. The molecule has 1 aromatic rings. The molecule has 0 radical (unpaired) electrons. The molecule has 0 aliphatic rings. The largest absolute Gasteiger partial charge is 0.370 e. The van der Waals surface area contributed by atoms with Crippen LogP contribution in [0.5, 0.6) is 0 Å². The molecule has 0 bridgehead atoms. The van der Waals surface area contributed by atoms with Gasteiger partial charge in [-0.25, -0.2) is 9.97 Å². The first kappa shape index (κ1) is 12.2. The highest BCUT2D eigenvalue weighted by Crippen LogP contribution is 2.17. The highest BCUT2D eigenvalue weighted by Gasteiger charge is 2.03. The van der Waals surface area contributed by atoms with Crippen LogP contribution in [-0.4, -0.2) is 16.5 Å². The average molecular weight is 228 g/mol. The van der Waals surface area contributed by atoms with Crippen LogP contribution in [0, 0.1) is 12.8 Å². The minimum absolute atomic E-state index is 0.524. The van der Waals surface area contributed by atoms with E-state index in [1.54, 1.807) is 0 Å². The normalized spacial score (nSPS) is 10.7. The van der Waals surface area contributed by atoms with Crippen LogP contribution in [0.4, 0.5) is 5.82 Å². The fraction of sp³-hybridized carbons (Fsp3) is 0.636. The molecule has 1 rings (SSSR count). The summed E-state index contributed by atoms with van der Waals surface area (Å²) in [4.78, 5) is 8.06. The van der Waals surface area contributed by atoms with Crippen molar-refractivity contribution in [3.63, 3.8) is 0 Å². The Bertz CT molecular complexity index is 313. The second kappa shape index (κ2) is 5.91. The van der Waals surface area contributed by atoms with Gasteiger partial charge in [0, 0.05) is 12.1 Å². The molecule has 0 aliphatic heterocycles. The number of hydrogen-bond acceptors (Lipinski definition) is 3. The molecule has 3 nitrogen and oxygen atoms in total. The van der Waals surface area contributed by atoms with E-state index in [0.717, 1.165) is 30.3 Å². The SMILES string of the molecule is Cc1c(Cl)ncnc1NCCCC(C)C. The molecule has 0 amide bonds. The summed E-state index contributed by atoms with van der Waals surface area (Å²) >= 11 is 5.89. The molecule has 84 valence electrons. The van der Waals surface area contributed by atoms with Gasteiger partial charge in [0.2, 0.25) is 0 Å². The Morgan fingerprint density at radius 3 is 2.80 bits per heavy atom. The lowest BCUT2D eigenvalue weighted by Gasteiger charge is -2.09. The summed E-state index contributed by atoms with van der Waals surface area (Å²) in [5, 5.41) is 3.80. The zero-order valence-corrected chi connectivity index (χ0v) is 10.3. The first-order chi connectivity index (χ1) is 7.11. The number of halogens is 1. The summed E-state index contributed by atoms with van der Waals surface area (Å²) in [7, 11) is 0. The van der Waals surface area contributed by atoms with Gasteiger partial charge in [0.1, 0.15) is 17.3 Å². The molecular weight excluding hydrogens is 210 g/mol. The van der Waals surface area contributed by atoms with Gasteiger partial charge in [-0.05, 0) is 25.7 Å². The summed E-state index contributed by atoms with van der Waals surface area (Å²) in [5.74, 6) is 1.60. The Labute approximate surface area is 96.3 Å². The fourth-order valence-electron chi connectivity index (χ4n) is 1.32.